The molecule has 0 aliphatic rings. The molecule has 0 fully saturated rings. The van der Waals surface area contributed by atoms with E-state index in [4.69, 9.17) is 0 Å². The van der Waals surface area contributed by atoms with Gasteiger partial charge in [0.05, 0.1) is 0 Å². The van der Waals surface area contributed by atoms with Crippen LogP contribution in [0.25, 0.3) is 11.5 Å². The molecule has 0 atom stereocenters. The second-order valence-corrected chi connectivity index (χ2v) is 4.81. The van der Waals surface area contributed by atoms with Crippen LogP contribution in [-0.2, 0) is 0 Å². The second-order valence-electron chi connectivity index (χ2n) is 4.81. The first-order valence-corrected chi connectivity index (χ1v) is 6.82. The summed E-state index contributed by atoms with van der Waals surface area (Å²) < 4.78 is 1.76. The fourth-order valence-electron chi connectivity index (χ4n) is 2.29. The molecule has 0 amide bonds. The van der Waals surface area contributed by atoms with Crippen LogP contribution < -0.4 is 0 Å². The lowest BCUT2D eigenvalue weighted by Gasteiger charge is -2.13. The first-order valence-electron chi connectivity index (χ1n) is 6.82. The third kappa shape index (κ3) is 2.58. The average molecular weight is 276 g/mol. The van der Waals surface area contributed by atoms with E-state index < -0.39 is 0 Å². The summed E-state index contributed by atoms with van der Waals surface area (Å²) in [4.78, 5) is 0. The Morgan fingerprint density at radius 2 is 1.43 bits per heavy atom. The van der Waals surface area contributed by atoms with Gasteiger partial charge in [-0.05, 0) is 13.0 Å². The summed E-state index contributed by atoms with van der Waals surface area (Å²) in [5.41, 5.74) is 3.34. The van der Waals surface area contributed by atoms with Crippen molar-refractivity contribution in [1.29, 1.82) is 0 Å². The number of aromatic nitrogens is 2. The Kier molecular flexibility index (Phi) is 3.56. The Labute approximate surface area is 123 Å². The Hall–Kier alpha value is -2.81. The molecule has 3 heteroatoms. The molecule has 3 nitrogen and oxygen atoms in total. The van der Waals surface area contributed by atoms with Gasteiger partial charge in [0.2, 0.25) is 0 Å². The lowest BCUT2D eigenvalue weighted by Crippen LogP contribution is -2.06. The highest BCUT2D eigenvalue weighted by atomic mass is 16.3. The monoisotopic (exact) mass is 276 g/mol. The summed E-state index contributed by atoms with van der Waals surface area (Å²) in [7, 11) is 0. The van der Waals surface area contributed by atoms with Crippen LogP contribution >= 0.6 is 0 Å². The van der Waals surface area contributed by atoms with Crippen molar-refractivity contribution >= 4 is 11.5 Å². The molecule has 21 heavy (non-hydrogen) atoms. The van der Waals surface area contributed by atoms with Crippen LogP contribution in [0.1, 0.15) is 16.8 Å². The van der Waals surface area contributed by atoms with Crippen molar-refractivity contribution in [3.63, 3.8) is 0 Å². The van der Waals surface area contributed by atoms with Crippen molar-refractivity contribution in [2.45, 2.75) is 6.92 Å². The van der Waals surface area contributed by atoms with E-state index in [1.54, 1.807) is 10.9 Å². The number of benzene rings is 2. The first-order chi connectivity index (χ1) is 10.3. The molecular formula is C18H16N2O. The fraction of sp³-hybridized carbons (Fsp3) is 0.0556. The van der Waals surface area contributed by atoms with Gasteiger partial charge >= 0.3 is 0 Å². The number of hydrogen-bond acceptors (Lipinski definition) is 2. The van der Waals surface area contributed by atoms with Gasteiger partial charge in [0.15, 0.2) is 0 Å². The first kappa shape index (κ1) is 13.2. The maximum absolute atomic E-state index is 10.7. The molecule has 2 aromatic carbocycles. The zero-order chi connectivity index (χ0) is 14.7. The van der Waals surface area contributed by atoms with Gasteiger partial charge < -0.3 is 5.11 Å². The maximum Gasteiger partial charge on any atom is 0.149 e. The molecule has 0 unspecified atom stereocenters. The van der Waals surface area contributed by atoms with E-state index in [0.29, 0.717) is 5.70 Å². The van der Waals surface area contributed by atoms with Crippen molar-refractivity contribution in [1.82, 2.24) is 9.78 Å². The molecule has 1 N–H and O–H groups in total. The standard InChI is InChI=1S/C18H16N2O/c1-14-12-13-19-20(14)17(15-8-4-2-5-9-15)18(21)16-10-6-3-7-11-16/h2-13,21H,1H3/b18-17+. The third-order valence-corrected chi connectivity index (χ3v) is 3.36. The number of aryl methyl sites for hydroxylation is 1. The topological polar surface area (TPSA) is 38.0 Å². The van der Waals surface area contributed by atoms with Crippen molar-refractivity contribution in [2.24, 2.45) is 0 Å². The number of hydrogen-bond donors (Lipinski definition) is 1. The summed E-state index contributed by atoms with van der Waals surface area (Å²) in [6.07, 6.45) is 1.73. The predicted octanol–water partition coefficient (Wildman–Crippen LogP) is 4.12. The highest BCUT2D eigenvalue weighted by molar-refractivity contribution is 5.86. The van der Waals surface area contributed by atoms with Crippen LogP contribution in [0.2, 0.25) is 0 Å². The quantitative estimate of drug-likeness (QED) is 0.577. The highest BCUT2D eigenvalue weighted by Gasteiger charge is 2.14. The Morgan fingerprint density at radius 3 is 1.95 bits per heavy atom. The molecule has 0 saturated heterocycles. The minimum Gasteiger partial charge on any atom is -0.505 e. The second kappa shape index (κ2) is 5.67. The zero-order valence-electron chi connectivity index (χ0n) is 11.8. The van der Waals surface area contributed by atoms with E-state index >= 15 is 0 Å². The van der Waals surface area contributed by atoms with Crippen LogP contribution in [0.4, 0.5) is 0 Å². The molecule has 0 radical (unpaired) electrons. The summed E-state index contributed by atoms with van der Waals surface area (Å²) in [5.74, 6) is 0.216. The largest absolute Gasteiger partial charge is 0.505 e. The molecule has 0 aliphatic carbocycles. The van der Waals surface area contributed by atoms with Crippen LogP contribution in [0.15, 0.2) is 72.9 Å². The Morgan fingerprint density at radius 1 is 0.857 bits per heavy atom. The minimum atomic E-state index is 0.216. The van der Waals surface area contributed by atoms with Crippen molar-refractivity contribution in [2.75, 3.05) is 0 Å². The van der Waals surface area contributed by atoms with E-state index in [9.17, 15) is 5.11 Å². The number of aliphatic hydroxyl groups is 1. The fourth-order valence-corrected chi connectivity index (χ4v) is 2.29. The van der Waals surface area contributed by atoms with E-state index in [2.05, 4.69) is 5.10 Å². The van der Waals surface area contributed by atoms with Crippen molar-refractivity contribution in [3.05, 3.63) is 89.7 Å². The predicted molar refractivity (Wildman–Crippen MR) is 84.7 cm³/mol. The molecule has 0 aliphatic heterocycles. The smallest absolute Gasteiger partial charge is 0.149 e. The average Bonchev–Trinajstić information content (AvgIpc) is 2.95. The lowest BCUT2D eigenvalue weighted by molar-refractivity contribution is 0.510. The van der Waals surface area contributed by atoms with Gasteiger partial charge in [0, 0.05) is 23.0 Å². The molecule has 0 bridgehead atoms. The van der Waals surface area contributed by atoms with Gasteiger partial charge in [0.1, 0.15) is 11.5 Å². The van der Waals surface area contributed by atoms with Gasteiger partial charge in [-0.3, -0.25) is 0 Å². The van der Waals surface area contributed by atoms with E-state index in [0.717, 1.165) is 16.8 Å². The van der Waals surface area contributed by atoms with Gasteiger partial charge in [-0.2, -0.15) is 5.10 Å². The molecule has 0 saturated carbocycles. The molecule has 3 rings (SSSR count). The van der Waals surface area contributed by atoms with Gasteiger partial charge in [0.25, 0.3) is 0 Å². The SMILES string of the molecule is Cc1ccnn1/C(=C(/O)c1ccccc1)c1ccccc1. The highest BCUT2D eigenvalue weighted by Crippen LogP contribution is 2.26. The van der Waals surface area contributed by atoms with Crippen LogP contribution in [0, 0.1) is 6.92 Å². The Balaban J connectivity index is 2.25. The van der Waals surface area contributed by atoms with Crippen LogP contribution in [0.3, 0.4) is 0 Å². The molecule has 1 aromatic heterocycles. The Bertz CT molecular complexity index is 758. The molecule has 3 aromatic rings. The molecular weight excluding hydrogens is 260 g/mol. The van der Waals surface area contributed by atoms with E-state index in [-0.39, 0.29) is 5.76 Å². The summed E-state index contributed by atoms with van der Waals surface area (Å²) in [6, 6.07) is 21.2. The maximum atomic E-state index is 10.7. The van der Waals surface area contributed by atoms with Crippen molar-refractivity contribution < 1.29 is 5.11 Å². The summed E-state index contributed by atoms with van der Waals surface area (Å²) in [5, 5.41) is 15.1. The minimum absolute atomic E-state index is 0.216. The van der Waals surface area contributed by atoms with E-state index in [1.165, 1.54) is 0 Å². The summed E-state index contributed by atoms with van der Waals surface area (Å²) in [6.45, 7) is 1.97. The lowest BCUT2D eigenvalue weighted by atomic mass is 10.1. The van der Waals surface area contributed by atoms with Gasteiger partial charge in [-0.15, -0.1) is 0 Å². The number of rotatable bonds is 3. The normalized spacial score (nSPS) is 12.0. The van der Waals surface area contributed by atoms with Gasteiger partial charge in [-0.25, -0.2) is 4.68 Å². The van der Waals surface area contributed by atoms with Crippen LogP contribution in [0.5, 0.6) is 0 Å². The van der Waals surface area contributed by atoms with Crippen molar-refractivity contribution in [3.8, 4) is 0 Å². The van der Waals surface area contributed by atoms with Crippen LogP contribution in [-0.4, -0.2) is 14.9 Å². The number of nitrogens with zero attached hydrogens (tertiary/aromatic N) is 2. The van der Waals surface area contributed by atoms with Gasteiger partial charge in [-0.1, -0.05) is 60.7 Å². The summed E-state index contributed by atoms with van der Waals surface area (Å²) >= 11 is 0. The van der Waals surface area contributed by atoms with E-state index in [1.807, 2.05) is 73.7 Å². The zero-order valence-corrected chi connectivity index (χ0v) is 11.8. The third-order valence-electron chi connectivity index (χ3n) is 3.36. The molecule has 104 valence electrons. The number of aliphatic hydroxyl groups excluding tert-OH is 1. The molecule has 1 heterocycles. The molecule has 0 spiro atoms.